The van der Waals surface area contributed by atoms with Crippen LogP contribution >= 0.6 is 0 Å². The molecule has 0 radical (unpaired) electrons. The third-order valence-electron chi connectivity index (χ3n) is 3.30. The number of alkyl halides is 3. The summed E-state index contributed by atoms with van der Waals surface area (Å²) in [5, 5.41) is 2.38. The van der Waals surface area contributed by atoms with Crippen molar-refractivity contribution in [3.63, 3.8) is 0 Å². The molecule has 0 atom stereocenters. The van der Waals surface area contributed by atoms with Crippen LogP contribution in [0, 0.1) is 11.6 Å². The van der Waals surface area contributed by atoms with Gasteiger partial charge in [-0.2, -0.15) is 13.2 Å². The van der Waals surface area contributed by atoms with Crippen LogP contribution in [0.1, 0.15) is 11.1 Å². The molecule has 1 aromatic carbocycles. The van der Waals surface area contributed by atoms with E-state index in [1.807, 2.05) is 0 Å². The second-order valence-corrected chi connectivity index (χ2v) is 5.23. The molecule has 134 valence electrons. The maximum Gasteiger partial charge on any atom is 0.421 e. The van der Waals surface area contributed by atoms with E-state index in [4.69, 9.17) is 0 Å². The SMILES string of the molecule is O=C(Cn1cccc(C(F)(F)F)c1=O)NCCc1cc(F)cc(F)c1. The highest BCUT2D eigenvalue weighted by Gasteiger charge is 2.34. The topological polar surface area (TPSA) is 51.1 Å². The summed E-state index contributed by atoms with van der Waals surface area (Å²) in [5.74, 6) is -2.20. The van der Waals surface area contributed by atoms with E-state index in [9.17, 15) is 31.5 Å². The minimum Gasteiger partial charge on any atom is -0.354 e. The normalized spacial score (nSPS) is 11.4. The van der Waals surface area contributed by atoms with Crippen LogP contribution in [0.15, 0.2) is 41.3 Å². The molecule has 25 heavy (non-hydrogen) atoms. The van der Waals surface area contributed by atoms with Crippen LogP contribution < -0.4 is 10.9 Å². The van der Waals surface area contributed by atoms with Crippen LogP contribution in [0.5, 0.6) is 0 Å². The van der Waals surface area contributed by atoms with E-state index in [1.165, 1.54) is 0 Å². The number of hydrogen-bond acceptors (Lipinski definition) is 2. The van der Waals surface area contributed by atoms with Gasteiger partial charge in [-0.25, -0.2) is 8.78 Å². The number of nitrogens with one attached hydrogen (secondary N) is 1. The van der Waals surface area contributed by atoms with Crippen molar-refractivity contribution in [2.45, 2.75) is 19.1 Å². The van der Waals surface area contributed by atoms with Gasteiger partial charge in [0.05, 0.1) is 0 Å². The zero-order valence-electron chi connectivity index (χ0n) is 12.7. The first-order valence-corrected chi connectivity index (χ1v) is 7.15. The highest BCUT2D eigenvalue weighted by atomic mass is 19.4. The number of carbonyl (C=O) groups is 1. The van der Waals surface area contributed by atoms with Crippen molar-refractivity contribution in [3.8, 4) is 0 Å². The first-order valence-electron chi connectivity index (χ1n) is 7.15. The molecule has 0 spiro atoms. The predicted octanol–water partition coefficient (Wildman–Crippen LogP) is 2.50. The zero-order valence-corrected chi connectivity index (χ0v) is 12.7. The Morgan fingerprint density at radius 1 is 1.12 bits per heavy atom. The Hall–Kier alpha value is -2.71. The summed E-state index contributed by atoms with van der Waals surface area (Å²) >= 11 is 0. The van der Waals surface area contributed by atoms with Crippen LogP contribution in [-0.4, -0.2) is 17.0 Å². The molecular formula is C16H13F5N2O2. The van der Waals surface area contributed by atoms with Crippen LogP contribution in [0.3, 0.4) is 0 Å². The van der Waals surface area contributed by atoms with Gasteiger partial charge >= 0.3 is 6.18 Å². The van der Waals surface area contributed by atoms with E-state index in [0.29, 0.717) is 22.3 Å². The van der Waals surface area contributed by atoms with Gasteiger partial charge in [-0.05, 0) is 36.2 Å². The fourth-order valence-electron chi connectivity index (χ4n) is 2.19. The van der Waals surface area contributed by atoms with Crippen molar-refractivity contribution in [2.75, 3.05) is 6.54 Å². The van der Waals surface area contributed by atoms with Gasteiger partial charge in [-0.15, -0.1) is 0 Å². The Kier molecular flexibility index (Phi) is 5.55. The maximum atomic E-state index is 13.0. The molecule has 4 nitrogen and oxygen atoms in total. The van der Waals surface area contributed by atoms with Gasteiger partial charge in [0, 0.05) is 18.8 Å². The van der Waals surface area contributed by atoms with Crippen LogP contribution in [0.4, 0.5) is 22.0 Å². The van der Waals surface area contributed by atoms with Gasteiger partial charge in [-0.1, -0.05) is 0 Å². The molecule has 0 saturated carbocycles. The van der Waals surface area contributed by atoms with E-state index in [2.05, 4.69) is 5.32 Å². The van der Waals surface area contributed by atoms with Gasteiger partial charge in [0.1, 0.15) is 23.7 Å². The molecule has 0 bridgehead atoms. The van der Waals surface area contributed by atoms with E-state index < -0.39 is 41.4 Å². The van der Waals surface area contributed by atoms with Gasteiger partial charge in [-0.3, -0.25) is 9.59 Å². The number of aromatic nitrogens is 1. The molecule has 0 unspecified atom stereocenters. The van der Waals surface area contributed by atoms with Gasteiger partial charge in [0.25, 0.3) is 5.56 Å². The van der Waals surface area contributed by atoms with Crippen molar-refractivity contribution < 1.29 is 26.7 Å². The van der Waals surface area contributed by atoms with Crippen LogP contribution in [-0.2, 0) is 23.9 Å². The highest BCUT2D eigenvalue weighted by molar-refractivity contribution is 5.75. The summed E-state index contributed by atoms with van der Waals surface area (Å²) in [5.41, 5.74) is -2.37. The van der Waals surface area contributed by atoms with E-state index in [-0.39, 0.29) is 13.0 Å². The summed E-state index contributed by atoms with van der Waals surface area (Å²) in [6.07, 6.45) is -3.62. The summed E-state index contributed by atoms with van der Waals surface area (Å²) in [7, 11) is 0. The number of nitrogens with zero attached hydrogens (tertiary/aromatic N) is 1. The second-order valence-electron chi connectivity index (χ2n) is 5.23. The summed E-state index contributed by atoms with van der Waals surface area (Å²) in [6, 6.07) is 4.57. The first-order chi connectivity index (χ1) is 11.7. The Balaban J connectivity index is 1.96. The van der Waals surface area contributed by atoms with Crippen LogP contribution in [0.25, 0.3) is 0 Å². The quantitative estimate of drug-likeness (QED) is 0.833. The highest BCUT2D eigenvalue weighted by Crippen LogP contribution is 2.25. The number of rotatable bonds is 5. The molecule has 1 aromatic heterocycles. The lowest BCUT2D eigenvalue weighted by Gasteiger charge is -2.10. The minimum absolute atomic E-state index is 0.00936. The number of benzene rings is 1. The average Bonchev–Trinajstić information content (AvgIpc) is 2.47. The molecule has 0 saturated heterocycles. The van der Waals surface area contributed by atoms with Crippen LogP contribution in [0.2, 0.25) is 0 Å². The predicted molar refractivity (Wildman–Crippen MR) is 78.8 cm³/mol. The molecule has 1 amide bonds. The van der Waals surface area contributed by atoms with Crippen molar-refractivity contribution in [2.24, 2.45) is 0 Å². The van der Waals surface area contributed by atoms with Gasteiger partial charge < -0.3 is 9.88 Å². The third kappa shape index (κ3) is 5.13. The molecule has 9 heteroatoms. The standard InChI is InChI=1S/C16H13F5N2O2/c17-11-6-10(7-12(18)8-11)3-4-22-14(24)9-23-5-1-2-13(15(23)25)16(19,20)21/h1-2,5-8H,3-4,9H2,(H,22,24). The zero-order chi connectivity index (χ0) is 18.6. The fourth-order valence-corrected chi connectivity index (χ4v) is 2.19. The molecule has 0 aliphatic heterocycles. The molecule has 1 heterocycles. The number of hydrogen-bond donors (Lipinski definition) is 1. The lowest BCUT2D eigenvalue weighted by Crippen LogP contribution is -2.35. The molecule has 1 N–H and O–H groups in total. The Morgan fingerprint density at radius 3 is 2.36 bits per heavy atom. The lowest BCUT2D eigenvalue weighted by molar-refractivity contribution is -0.139. The largest absolute Gasteiger partial charge is 0.421 e. The molecule has 0 aliphatic carbocycles. The van der Waals surface area contributed by atoms with E-state index >= 15 is 0 Å². The number of pyridine rings is 1. The summed E-state index contributed by atoms with van der Waals surface area (Å²) in [4.78, 5) is 23.5. The Morgan fingerprint density at radius 2 is 1.76 bits per heavy atom. The molecule has 0 aliphatic rings. The lowest BCUT2D eigenvalue weighted by atomic mass is 10.1. The van der Waals surface area contributed by atoms with Crippen molar-refractivity contribution in [1.82, 2.24) is 9.88 Å². The minimum atomic E-state index is -4.81. The summed E-state index contributed by atoms with van der Waals surface area (Å²) in [6.45, 7) is -0.588. The maximum absolute atomic E-state index is 13.0. The number of halogens is 5. The number of carbonyl (C=O) groups excluding carboxylic acids is 1. The number of amides is 1. The Bertz CT molecular complexity index is 810. The van der Waals surface area contributed by atoms with Crippen molar-refractivity contribution in [1.29, 1.82) is 0 Å². The Labute approximate surface area is 138 Å². The van der Waals surface area contributed by atoms with Crippen molar-refractivity contribution in [3.05, 3.63) is 69.6 Å². The molecule has 2 rings (SSSR count). The fraction of sp³-hybridized carbons (Fsp3) is 0.250. The van der Waals surface area contributed by atoms with Crippen molar-refractivity contribution >= 4 is 5.91 Å². The smallest absolute Gasteiger partial charge is 0.354 e. The molecule has 0 fully saturated rings. The van der Waals surface area contributed by atoms with Gasteiger partial charge in [0.15, 0.2) is 0 Å². The van der Waals surface area contributed by atoms with E-state index in [0.717, 1.165) is 24.4 Å². The van der Waals surface area contributed by atoms with E-state index in [1.54, 1.807) is 0 Å². The summed E-state index contributed by atoms with van der Waals surface area (Å²) < 4.78 is 64.6. The molecule has 2 aromatic rings. The first kappa shape index (κ1) is 18.6. The average molecular weight is 360 g/mol. The monoisotopic (exact) mass is 360 g/mol. The third-order valence-corrected chi connectivity index (χ3v) is 3.30. The second kappa shape index (κ2) is 7.45. The molecular weight excluding hydrogens is 347 g/mol. The van der Waals surface area contributed by atoms with Gasteiger partial charge in [0.2, 0.25) is 5.91 Å².